The lowest BCUT2D eigenvalue weighted by molar-refractivity contribution is -0.132. The van der Waals surface area contributed by atoms with Crippen LogP contribution >= 0.6 is 11.3 Å². The monoisotopic (exact) mass is 468 g/mol. The lowest BCUT2D eigenvalue weighted by Gasteiger charge is -2.40. The van der Waals surface area contributed by atoms with E-state index in [9.17, 15) is 4.79 Å². The minimum Gasteiger partial charge on any atom is -0.358 e. The number of nitrogens with zero attached hydrogens (tertiary/aromatic N) is 5. The van der Waals surface area contributed by atoms with Gasteiger partial charge in [0, 0.05) is 37.3 Å². The fourth-order valence-corrected chi connectivity index (χ4v) is 5.61. The molecule has 1 aliphatic rings. The summed E-state index contributed by atoms with van der Waals surface area (Å²) in [4.78, 5) is 34.8. The summed E-state index contributed by atoms with van der Waals surface area (Å²) in [5, 5.41) is 2.16. The second-order valence-corrected chi connectivity index (χ2v) is 9.49. The maximum atomic E-state index is 13.3. The second-order valence-electron chi connectivity index (χ2n) is 8.66. The van der Waals surface area contributed by atoms with Gasteiger partial charge in [0.15, 0.2) is 5.82 Å². The molecule has 0 saturated carbocycles. The van der Waals surface area contributed by atoms with E-state index in [-0.39, 0.29) is 11.9 Å². The summed E-state index contributed by atoms with van der Waals surface area (Å²) in [5.74, 6) is 0.930. The van der Waals surface area contributed by atoms with Crippen LogP contribution in [0.2, 0.25) is 0 Å². The Kier molecular flexibility index (Phi) is 5.22. The number of aromatic amines is 1. The molecule has 1 aliphatic heterocycles. The van der Waals surface area contributed by atoms with Gasteiger partial charge >= 0.3 is 0 Å². The van der Waals surface area contributed by atoms with Crippen molar-refractivity contribution in [3.8, 4) is 11.5 Å². The van der Waals surface area contributed by atoms with Crippen molar-refractivity contribution in [2.75, 3.05) is 24.5 Å². The molecule has 1 N–H and O–H groups in total. The number of benzene rings is 2. The molecule has 34 heavy (non-hydrogen) atoms. The molecule has 1 amide bonds. The van der Waals surface area contributed by atoms with E-state index in [4.69, 9.17) is 4.98 Å². The molecule has 1 fully saturated rings. The van der Waals surface area contributed by atoms with Crippen molar-refractivity contribution < 1.29 is 4.79 Å². The maximum Gasteiger partial charge on any atom is 0.227 e. The average molecular weight is 469 g/mol. The zero-order valence-corrected chi connectivity index (χ0v) is 19.6. The Morgan fingerprint density at radius 1 is 1.09 bits per heavy atom. The number of para-hydroxylation sites is 3. The summed E-state index contributed by atoms with van der Waals surface area (Å²) in [7, 11) is 0. The molecule has 4 heterocycles. The summed E-state index contributed by atoms with van der Waals surface area (Å²) in [5.41, 5.74) is 6.56. The lowest BCUT2D eigenvalue weighted by Crippen LogP contribution is -2.54. The molecule has 2 aromatic carbocycles. The number of imidazole rings is 1. The summed E-state index contributed by atoms with van der Waals surface area (Å²) in [6, 6.07) is 18.1. The molecule has 6 rings (SSSR count). The van der Waals surface area contributed by atoms with Crippen molar-refractivity contribution in [1.82, 2.24) is 24.8 Å². The van der Waals surface area contributed by atoms with E-state index in [1.54, 1.807) is 17.5 Å². The van der Waals surface area contributed by atoms with Crippen molar-refractivity contribution >= 4 is 44.2 Å². The van der Waals surface area contributed by atoms with Gasteiger partial charge < -0.3 is 14.8 Å². The number of rotatable bonds is 4. The molecule has 7 nitrogen and oxygen atoms in total. The SMILES string of the molecule is C[C@@H]1CN(c2scnc2-c2nc3ccccc3[nH]2)CCN1C(=O)Cc1cccc2cccnc12. The van der Waals surface area contributed by atoms with Crippen molar-refractivity contribution in [2.24, 2.45) is 0 Å². The number of H-pyrrole nitrogens is 1. The number of fused-ring (bicyclic) bond motifs is 2. The van der Waals surface area contributed by atoms with Crippen molar-refractivity contribution in [3.63, 3.8) is 0 Å². The normalized spacial score (nSPS) is 16.4. The molecule has 0 spiro atoms. The average Bonchev–Trinajstić information content (AvgIpc) is 3.51. The fraction of sp³-hybridized carbons (Fsp3) is 0.231. The first-order valence-electron chi connectivity index (χ1n) is 11.4. The molecule has 1 atom stereocenters. The van der Waals surface area contributed by atoms with Gasteiger partial charge in [0.05, 0.1) is 28.5 Å². The van der Waals surface area contributed by atoms with E-state index in [2.05, 4.69) is 26.8 Å². The van der Waals surface area contributed by atoms with Crippen molar-refractivity contribution in [1.29, 1.82) is 0 Å². The van der Waals surface area contributed by atoms with Gasteiger partial charge in [-0.15, -0.1) is 11.3 Å². The van der Waals surface area contributed by atoms with Gasteiger partial charge in [-0.1, -0.05) is 36.4 Å². The second kappa shape index (κ2) is 8.53. The number of piperazine rings is 1. The van der Waals surface area contributed by atoms with Gasteiger partial charge in [-0.25, -0.2) is 9.97 Å². The third kappa shape index (κ3) is 3.70. The van der Waals surface area contributed by atoms with Crippen LogP contribution in [0.5, 0.6) is 0 Å². The van der Waals surface area contributed by atoms with Gasteiger partial charge in [0.25, 0.3) is 0 Å². The molecule has 3 aromatic heterocycles. The number of hydrogen-bond donors (Lipinski definition) is 1. The largest absolute Gasteiger partial charge is 0.358 e. The highest BCUT2D eigenvalue weighted by Gasteiger charge is 2.30. The van der Waals surface area contributed by atoms with Gasteiger partial charge in [0.1, 0.15) is 10.7 Å². The van der Waals surface area contributed by atoms with Gasteiger partial charge in [-0.3, -0.25) is 9.78 Å². The zero-order valence-electron chi connectivity index (χ0n) is 18.8. The number of nitrogens with one attached hydrogen (secondary N) is 1. The number of amides is 1. The van der Waals surface area contributed by atoms with E-state index in [0.717, 1.165) is 57.1 Å². The molecule has 8 heteroatoms. The number of hydrogen-bond acceptors (Lipinski definition) is 6. The fourth-order valence-electron chi connectivity index (χ4n) is 4.78. The molecule has 0 unspecified atom stereocenters. The van der Waals surface area contributed by atoms with Crippen LogP contribution in [0.15, 0.2) is 66.3 Å². The Morgan fingerprint density at radius 2 is 1.97 bits per heavy atom. The van der Waals surface area contributed by atoms with Crippen molar-refractivity contribution in [3.05, 3.63) is 71.9 Å². The van der Waals surface area contributed by atoms with Gasteiger partial charge in [-0.2, -0.15) is 0 Å². The standard InChI is InChI=1S/C26H24N6OS/c1-17-15-31(26-24(28-16-34-26)25-29-20-9-2-3-10-21(20)30-25)12-13-32(17)22(33)14-19-7-4-6-18-8-5-11-27-23(18)19/h2-11,16-17H,12-15H2,1H3,(H,29,30)/t17-/m1/s1. The maximum absolute atomic E-state index is 13.3. The summed E-state index contributed by atoms with van der Waals surface area (Å²) >= 11 is 1.62. The number of pyridine rings is 1. The quantitative estimate of drug-likeness (QED) is 0.420. The van der Waals surface area contributed by atoms with Crippen LogP contribution in [0, 0.1) is 0 Å². The van der Waals surface area contributed by atoms with Crippen LogP contribution in [0.3, 0.4) is 0 Å². The van der Waals surface area contributed by atoms with E-state index >= 15 is 0 Å². The molecule has 0 aliphatic carbocycles. The minimum atomic E-state index is 0.0924. The molecule has 0 radical (unpaired) electrons. The third-order valence-corrected chi connectivity index (χ3v) is 7.34. The predicted molar refractivity (Wildman–Crippen MR) is 136 cm³/mol. The highest BCUT2D eigenvalue weighted by molar-refractivity contribution is 7.14. The van der Waals surface area contributed by atoms with E-state index in [0.29, 0.717) is 13.0 Å². The van der Waals surface area contributed by atoms with E-state index in [1.165, 1.54) is 0 Å². The molecule has 5 aromatic rings. The Labute approximate surface area is 201 Å². The summed E-state index contributed by atoms with van der Waals surface area (Å²) in [6.45, 7) is 4.32. The molecular weight excluding hydrogens is 444 g/mol. The summed E-state index contributed by atoms with van der Waals surface area (Å²) in [6.07, 6.45) is 2.15. The molecule has 1 saturated heterocycles. The number of anilines is 1. The number of carbonyl (C=O) groups is 1. The smallest absolute Gasteiger partial charge is 0.227 e. The number of carbonyl (C=O) groups excluding carboxylic acids is 1. The summed E-state index contributed by atoms with van der Waals surface area (Å²) < 4.78 is 0. The highest BCUT2D eigenvalue weighted by Crippen LogP contribution is 2.34. The Bertz CT molecular complexity index is 1450. The van der Waals surface area contributed by atoms with Gasteiger partial charge in [0.2, 0.25) is 5.91 Å². The van der Waals surface area contributed by atoms with Crippen LogP contribution < -0.4 is 4.90 Å². The first-order valence-corrected chi connectivity index (χ1v) is 12.3. The third-order valence-electron chi connectivity index (χ3n) is 6.46. The van der Waals surface area contributed by atoms with Crippen LogP contribution in [0.25, 0.3) is 33.5 Å². The predicted octanol–water partition coefficient (Wildman–Crippen LogP) is 4.51. The number of thiazole rings is 1. The van der Waals surface area contributed by atoms with E-state index < -0.39 is 0 Å². The Morgan fingerprint density at radius 3 is 2.85 bits per heavy atom. The molecule has 170 valence electrons. The van der Waals surface area contributed by atoms with Gasteiger partial charge in [-0.05, 0) is 30.7 Å². The Hall–Kier alpha value is -3.78. The van der Waals surface area contributed by atoms with Crippen LogP contribution in [-0.2, 0) is 11.2 Å². The Balaban J connectivity index is 1.19. The van der Waals surface area contributed by atoms with Crippen molar-refractivity contribution in [2.45, 2.75) is 19.4 Å². The van der Waals surface area contributed by atoms with Crippen LogP contribution in [0.1, 0.15) is 12.5 Å². The topological polar surface area (TPSA) is 78.0 Å². The minimum absolute atomic E-state index is 0.0924. The highest BCUT2D eigenvalue weighted by atomic mass is 32.1. The number of aromatic nitrogens is 4. The van der Waals surface area contributed by atoms with Crippen LogP contribution in [-0.4, -0.2) is 56.4 Å². The van der Waals surface area contributed by atoms with E-state index in [1.807, 2.05) is 65.0 Å². The zero-order chi connectivity index (χ0) is 23.1. The molecular formula is C26H24N6OS. The lowest BCUT2D eigenvalue weighted by atomic mass is 10.1. The first-order chi connectivity index (χ1) is 16.7. The van der Waals surface area contributed by atoms with Crippen LogP contribution in [0.4, 0.5) is 5.00 Å². The molecule has 0 bridgehead atoms. The first kappa shape index (κ1) is 20.8.